The van der Waals surface area contributed by atoms with Crippen molar-refractivity contribution in [3.63, 3.8) is 0 Å². The van der Waals surface area contributed by atoms with Crippen LogP contribution in [0.5, 0.6) is 0 Å². The first-order chi connectivity index (χ1) is 10.4. The minimum absolute atomic E-state index is 0.136. The number of anilines is 1. The zero-order valence-electron chi connectivity index (χ0n) is 12.3. The van der Waals surface area contributed by atoms with E-state index in [-0.39, 0.29) is 10.8 Å². The van der Waals surface area contributed by atoms with Crippen LogP contribution in [-0.4, -0.2) is 19.3 Å². The highest BCUT2D eigenvalue weighted by molar-refractivity contribution is 7.89. The van der Waals surface area contributed by atoms with Crippen LogP contribution in [0.3, 0.4) is 0 Å². The number of nitrogens with zero attached hydrogens (tertiary/aromatic N) is 1. The van der Waals surface area contributed by atoms with Crippen LogP contribution in [0.1, 0.15) is 25.5 Å². The first kappa shape index (κ1) is 16.1. The van der Waals surface area contributed by atoms with Gasteiger partial charge in [0.1, 0.15) is 0 Å². The first-order valence-electron chi connectivity index (χ1n) is 6.68. The molecule has 0 bridgehead atoms. The molecule has 1 atom stereocenters. The van der Waals surface area contributed by atoms with E-state index in [2.05, 4.69) is 15.0 Å². The molecule has 2 aromatic rings. The standard InChI is InChI=1S/C15H17N3O3S/c1-11(13-4-3-9-16-10-13)18-22(20,21)15-7-5-14(6-8-15)17-12(2)19/h3-11,18H,1-2H3,(H,17,19). The van der Waals surface area contributed by atoms with Gasteiger partial charge in [0.2, 0.25) is 15.9 Å². The fourth-order valence-electron chi connectivity index (χ4n) is 1.92. The number of carbonyl (C=O) groups is 1. The number of pyridine rings is 1. The maximum Gasteiger partial charge on any atom is 0.241 e. The highest BCUT2D eigenvalue weighted by Crippen LogP contribution is 2.18. The number of amides is 1. The number of carbonyl (C=O) groups excluding carboxylic acids is 1. The minimum Gasteiger partial charge on any atom is -0.326 e. The summed E-state index contributed by atoms with van der Waals surface area (Å²) in [6.45, 7) is 3.14. The van der Waals surface area contributed by atoms with Gasteiger partial charge in [-0.3, -0.25) is 9.78 Å². The molecule has 0 aliphatic heterocycles. The van der Waals surface area contributed by atoms with Crippen LogP contribution < -0.4 is 10.0 Å². The lowest BCUT2D eigenvalue weighted by molar-refractivity contribution is -0.114. The van der Waals surface area contributed by atoms with E-state index in [1.807, 2.05) is 0 Å². The average molecular weight is 319 g/mol. The van der Waals surface area contributed by atoms with E-state index in [9.17, 15) is 13.2 Å². The van der Waals surface area contributed by atoms with E-state index < -0.39 is 16.1 Å². The minimum atomic E-state index is -3.64. The highest BCUT2D eigenvalue weighted by atomic mass is 32.2. The Hall–Kier alpha value is -2.25. The van der Waals surface area contributed by atoms with Crippen molar-refractivity contribution in [2.75, 3.05) is 5.32 Å². The molecule has 6 nitrogen and oxygen atoms in total. The van der Waals surface area contributed by atoms with Crippen molar-refractivity contribution in [2.45, 2.75) is 24.8 Å². The SMILES string of the molecule is CC(=O)Nc1ccc(S(=O)(=O)NC(C)c2cccnc2)cc1. The van der Waals surface area contributed by atoms with Gasteiger partial charge < -0.3 is 5.32 Å². The van der Waals surface area contributed by atoms with Crippen LogP contribution in [0.4, 0.5) is 5.69 Å². The maximum atomic E-state index is 12.3. The topological polar surface area (TPSA) is 88.2 Å². The van der Waals surface area contributed by atoms with Crippen LogP contribution in [-0.2, 0) is 14.8 Å². The molecule has 7 heteroatoms. The van der Waals surface area contributed by atoms with Crippen LogP contribution in [0.25, 0.3) is 0 Å². The highest BCUT2D eigenvalue weighted by Gasteiger charge is 2.18. The van der Waals surface area contributed by atoms with Crippen LogP contribution in [0.15, 0.2) is 53.7 Å². The Morgan fingerprint density at radius 1 is 1.18 bits per heavy atom. The molecule has 0 radical (unpaired) electrons. The average Bonchev–Trinajstić information content (AvgIpc) is 2.47. The lowest BCUT2D eigenvalue weighted by Crippen LogP contribution is -2.27. The van der Waals surface area contributed by atoms with E-state index in [0.29, 0.717) is 5.69 Å². The van der Waals surface area contributed by atoms with E-state index in [0.717, 1.165) is 5.56 Å². The number of sulfonamides is 1. The molecule has 1 heterocycles. The zero-order valence-corrected chi connectivity index (χ0v) is 13.1. The third kappa shape index (κ3) is 4.12. The summed E-state index contributed by atoms with van der Waals surface area (Å²) in [6.07, 6.45) is 3.25. The summed E-state index contributed by atoms with van der Waals surface area (Å²) >= 11 is 0. The van der Waals surface area contributed by atoms with Crippen molar-refractivity contribution in [3.05, 3.63) is 54.4 Å². The second kappa shape index (κ2) is 6.67. The van der Waals surface area contributed by atoms with Crippen molar-refractivity contribution in [1.29, 1.82) is 0 Å². The predicted octanol–water partition coefficient (Wildman–Crippen LogP) is 2.08. The summed E-state index contributed by atoms with van der Waals surface area (Å²) in [5.74, 6) is -0.209. The van der Waals surface area contributed by atoms with Gasteiger partial charge in [-0.25, -0.2) is 13.1 Å². The van der Waals surface area contributed by atoms with Crippen LogP contribution in [0, 0.1) is 0 Å². The summed E-state index contributed by atoms with van der Waals surface area (Å²) in [4.78, 5) is 15.1. The smallest absolute Gasteiger partial charge is 0.241 e. The van der Waals surface area contributed by atoms with E-state index in [1.165, 1.54) is 19.1 Å². The van der Waals surface area contributed by atoms with Gasteiger partial charge in [-0.05, 0) is 42.8 Å². The number of hydrogen-bond donors (Lipinski definition) is 2. The normalized spacial score (nSPS) is 12.6. The fraction of sp³-hybridized carbons (Fsp3) is 0.200. The molecule has 0 fully saturated rings. The van der Waals surface area contributed by atoms with Crippen molar-refractivity contribution in [1.82, 2.24) is 9.71 Å². The van der Waals surface area contributed by atoms with Crippen LogP contribution >= 0.6 is 0 Å². The molecule has 1 aromatic heterocycles. The van der Waals surface area contributed by atoms with Crippen molar-refractivity contribution >= 4 is 21.6 Å². The van der Waals surface area contributed by atoms with Gasteiger partial charge in [0.05, 0.1) is 4.90 Å². The summed E-state index contributed by atoms with van der Waals surface area (Å²) in [5.41, 5.74) is 1.33. The summed E-state index contributed by atoms with van der Waals surface area (Å²) < 4.78 is 27.3. The molecule has 1 aromatic carbocycles. The molecule has 2 rings (SSSR count). The third-order valence-corrected chi connectivity index (χ3v) is 4.56. The molecule has 0 aliphatic carbocycles. The van der Waals surface area contributed by atoms with E-state index in [4.69, 9.17) is 0 Å². The monoisotopic (exact) mass is 319 g/mol. The van der Waals surface area contributed by atoms with Gasteiger partial charge in [0.25, 0.3) is 0 Å². The molecule has 0 saturated heterocycles. The molecule has 2 N–H and O–H groups in total. The van der Waals surface area contributed by atoms with Gasteiger partial charge in [-0.1, -0.05) is 6.07 Å². The quantitative estimate of drug-likeness (QED) is 0.883. The second-order valence-corrected chi connectivity index (χ2v) is 6.55. The van der Waals surface area contributed by atoms with Gasteiger partial charge >= 0.3 is 0 Å². The number of rotatable bonds is 5. The largest absolute Gasteiger partial charge is 0.326 e. The lowest BCUT2D eigenvalue weighted by atomic mass is 10.2. The Labute approximate surface area is 129 Å². The number of benzene rings is 1. The maximum absolute atomic E-state index is 12.3. The molecule has 22 heavy (non-hydrogen) atoms. The summed E-state index contributed by atoms with van der Waals surface area (Å²) in [7, 11) is -3.64. The van der Waals surface area contributed by atoms with Crippen molar-refractivity contribution in [3.8, 4) is 0 Å². The Morgan fingerprint density at radius 2 is 1.86 bits per heavy atom. The van der Waals surface area contributed by atoms with E-state index in [1.54, 1.807) is 43.6 Å². The van der Waals surface area contributed by atoms with Gasteiger partial charge in [-0.15, -0.1) is 0 Å². The van der Waals surface area contributed by atoms with Gasteiger partial charge in [-0.2, -0.15) is 0 Å². The van der Waals surface area contributed by atoms with Crippen molar-refractivity contribution in [2.24, 2.45) is 0 Å². The molecule has 0 aliphatic rings. The third-order valence-electron chi connectivity index (χ3n) is 3.00. The molecular weight excluding hydrogens is 302 g/mol. The van der Waals surface area contributed by atoms with Crippen LogP contribution in [0.2, 0.25) is 0 Å². The molecule has 1 amide bonds. The van der Waals surface area contributed by atoms with E-state index >= 15 is 0 Å². The Balaban J connectivity index is 2.15. The zero-order chi connectivity index (χ0) is 16.2. The first-order valence-corrected chi connectivity index (χ1v) is 8.17. The number of nitrogens with one attached hydrogen (secondary N) is 2. The Morgan fingerprint density at radius 3 is 2.41 bits per heavy atom. The van der Waals surface area contributed by atoms with Gasteiger partial charge in [0, 0.05) is 31.0 Å². The molecule has 0 saturated carbocycles. The number of aromatic nitrogens is 1. The van der Waals surface area contributed by atoms with Gasteiger partial charge in [0.15, 0.2) is 0 Å². The Kier molecular flexibility index (Phi) is 4.89. The Bertz CT molecular complexity index is 743. The van der Waals surface area contributed by atoms with Crippen molar-refractivity contribution < 1.29 is 13.2 Å². The molecule has 1 unspecified atom stereocenters. The summed E-state index contributed by atoms with van der Waals surface area (Å²) in [6, 6.07) is 9.15. The fourth-order valence-corrected chi connectivity index (χ4v) is 3.15. The predicted molar refractivity (Wildman–Crippen MR) is 83.7 cm³/mol. The second-order valence-electron chi connectivity index (χ2n) is 4.83. The summed E-state index contributed by atoms with van der Waals surface area (Å²) in [5, 5.41) is 2.59. The lowest BCUT2D eigenvalue weighted by Gasteiger charge is -2.14. The molecular formula is C15H17N3O3S. The number of hydrogen-bond acceptors (Lipinski definition) is 4. The molecule has 116 valence electrons. The molecule has 0 spiro atoms.